The number of hydrogen-bond acceptors (Lipinski definition) is 8. The summed E-state index contributed by atoms with van der Waals surface area (Å²) in [6.07, 6.45) is 0. The van der Waals surface area contributed by atoms with Gasteiger partial charge in [0.2, 0.25) is 17.7 Å². The number of fused-ring (bicyclic) bond motifs is 2. The first-order valence-corrected chi connectivity index (χ1v) is 14.5. The predicted octanol–water partition coefficient (Wildman–Crippen LogP) is 4.36. The molecule has 2 unspecified atom stereocenters. The molecule has 0 radical (unpaired) electrons. The molecule has 1 saturated heterocycles. The Kier molecular flexibility index (Phi) is 7.14. The molecule has 11 heteroatoms. The van der Waals surface area contributed by atoms with Gasteiger partial charge in [-0.15, -0.1) is 0 Å². The second-order valence-electron chi connectivity index (χ2n) is 9.56. The lowest BCUT2D eigenvalue weighted by Gasteiger charge is -2.30. The van der Waals surface area contributed by atoms with E-state index in [1.165, 1.54) is 21.2 Å². The van der Waals surface area contributed by atoms with Crippen LogP contribution in [0.25, 0.3) is 0 Å². The average Bonchev–Trinajstić information content (AvgIpc) is 3.44. The standard InChI is InChI=1S/C30H25N3O6S2/c1-38-20-12-8-17(9-13-20)23-24-25(28(36)33(27(24)35)19-10-14-21(39-2)15-11-19)40-29-26(23)41-30(37)32(29)16-22(34)31-18-6-4-3-5-7-18/h3-15,23-25H,16H2,1-2H3,(H,31,34)/t23-,24?,25?/m1/s1. The highest BCUT2D eigenvalue weighted by Crippen LogP contribution is 2.54. The molecule has 2 aliphatic heterocycles. The van der Waals surface area contributed by atoms with Crippen LogP contribution in [0.15, 0.2) is 88.7 Å². The molecule has 1 fully saturated rings. The maximum atomic E-state index is 14.0. The molecule has 3 amide bonds. The van der Waals surface area contributed by atoms with Crippen molar-refractivity contribution in [1.82, 2.24) is 4.57 Å². The van der Waals surface area contributed by atoms with Crippen LogP contribution >= 0.6 is 23.1 Å². The maximum absolute atomic E-state index is 14.0. The van der Waals surface area contributed by atoms with Crippen molar-refractivity contribution in [2.24, 2.45) is 5.92 Å². The molecule has 3 aromatic carbocycles. The zero-order valence-electron chi connectivity index (χ0n) is 22.1. The highest BCUT2D eigenvalue weighted by atomic mass is 32.2. The zero-order valence-corrected chi connectivity index (χ0v) is 23.7. The topological polar surface area (TPSA) is 107 Å². The van der Waals surface area contributed by atoms with Crippen LogP contribution in [0.3, 0.4) is 0 Å². The highest BCUT2D eigenvalue weighted by molar-refractivity contribution is 8.00. The third-order valence-electron chi connectivity index (χ3n) is 7.21. The molecule has 6 rings (SSSR count). The molecule has 0 aliphatic carbocycles. The number of nitrogens with zero attached hydrogens (tertiary/aromatic N) is 2. The van der Waals surface area contributed by atoms with E-state index in [0.29, 0.717) is 32.8 Å². The summed E-state index contributed by atoms with van der Waals surface area (Å²) in [7, 11) is 3.11. The number of carbonyl (C=O) groups excluding carboxylic acids is 3. The Morgan fingerprint density at radius 1 is 0.854 bits per heavy atom. The molecule has 1 N–H and O–H groups in total. The third kappa shape index (κ3) is 4.81. The first-order valence-electron chi connectivity index (χ1n) is 12.8. The number of anilines is 2. The van der Waals surface area contributed by atoms with Crippen LogP contribution in [0, 0.1) is 5.92 Å². The first kappa shape index (κ1) is 26.9. The molecule has 208 valence electrons. The van der Waals surface area contributed by atoms with E-state index in [9.17, 15) is 19.2 Å². The van der Waals surface area contributed by atoms with Gasteiger partial charge in [0, 0.05) is 16.5 Å². The summed E-state index contributed by atoms with van der Waals surface area (Å²) < 4.78 is 12.0. The molecule has 0 saturated carbocycles. The van der Waals surface area contributed by atoms with E-state index in [2.05, 4.69) is 5.32 Å². The fourth-order valence-corrected chi connectivity index (χ4v) is 8.05. The minimum absolute atomic E-state index is 0.219. The van der Waals surface area contributed by atoms with Gasteiger partial charge in [-0.1, -0.05) is 53.4 Å². The Bertz CT molecular complexity index is 1680. The Hall–Kier alpha value is -4.35. The molecule has 1 aromatic heterocycles. The number of thioether (sulfide) groups is 1. The minimum atomic E-state index is -0.776. The van der Waals surface area contributed by atoms with Crippen molar-refractivity contribution in [3.05, 3.63) is 99.0 Å². The van der Waals surface area contributed by atoms with Crippen LogP contribution in [0.2, 0.25) is 0 Å². The number of hydrogen-bond donors (Lipinski definition) is 1. The lowest BCUT2D eigenvalue weighted by Crippen LogP contribution is -2.33. The minimum Gasteiger partial charge on any atom is -0.497 e. The van der Waals surface area contributed by atoms with Gasteiger partial charge in [-0.05, 0) is 54.1 Å². The number of aromatic nitrogens is 1. The Morgan fingerprint density at radius 3 is 2.12 bits per heavy atom. The number of imide groups is 1. The average molecular weight is 588 g/mol. The van der Waals surface area contributed by atoms with E-state index >= 15 is 0 Å². The molecule has 0 spiro atoms. The van der Waals surface area contributed by atoms with E-state index in [4.69, 9.17) is 9.47 Å². The fraction of sp³-hybridized carbons (Fsp3) is 0.200. The van der Waals surface area contributed by atoms with E-state index in [1.807, 2.05) is 18.2 Å². The van der Waals surface area contributed by atoms with Crippen LogP contribution in [-0.4, -0.2) is 41.8 Å². The number of nitrogens with one attached hydrogen (secondary N) is 1. The number of thiazole rings is 1. The largest absolute Gasteiger partial charge is 0.497 e. The van der Waals surface area contributed by atoms with E-state index in [1.54, 1.807) is 74.9 Å². The molecule has 9 nitrogen and oxygen atoms in total. The lowest BCUT2D eigenvalue weighted by atomic mass is 9.83. The Balaban J connectivity index is 1.41. The van der Waals surface area contributed by atoms with Gasteiger partial charge in [-0.3, -0.25) is 23.7 Å². The van der Waals surface area contributed by atoms with Gasteiger partial charge in [0.1, 0.15) is 23.3 Å². The van der Waals surface area contributed by atoms with Crippen molar-refractivity contribution in [2.75, 3.05) is 24.4 Å². The van der Waals surface area contributed by atoms with Gasteiger partial charge in [0.25, 0.3) is 0 Å². The number of amides is 3. The summed E-state index contributed by atoms with van der Waals surface area (Å²) in [5.74, 6) is -1.10. The van der Waals surface area contributed by atoms with Gasteiger partial charge < -0.3 is 14.8 Å². The van der Waals surface area contributed by atoms with E-state index in [-0.39, 0.29) is 29.1 Å². The van der Waals surface area contributed by atoms with Gasteiger partial charge >= 0.3 is 4.87 Å². The summed E-state index contributed by atoms with van der Waals surface area (Å²) in [5.41, 5.74) is 1.85. The zero-order chi connectivity index (χ0) is 28.7. The van der Waals surface area contributed by atoms with Gasteiger partial charge in [-0.2, -0.15) is 0 Å². The quantitative estimate of drug-likeness (QED) is 0.320. The molecular weight excluding hydrogens is 562 g/mol. The number of ether oxygens (including phenoxy) is 2. The van der Waals surface area contributed by atoms with Gasteiger partial charge in [0.15, 0.2) is 0 Å². The molecule has 2 aliphatic rings. The Morgan fingerprint density at radius 2 is 1.49 bits per heavy atom. The van der Waals surface area contributed by atoms with Crippen molar-refractivity contribution in [1.29, 1.82) is 0 Å². The number of carbonyl (C=O) groups is 3. The molecule has 3 heterocycles. The maximum Gasteiger partial charge on any atom is 0.308 e. The number of para-hydroxylation sites is 1. The van der Waals surface area contributed by atoms with Crippen molar-refractivity contribution in [3.63, 3.8) is 0 Å². The second kappa shape index (κ2) is 10.9. The molecule has 3 atom stereocenters. The molecule has 0 bridgehead atoms. The van der Waals surface area contributed by atoms with Crippen molar-refractivity contribution >= 4 is 52.2 Å². The van der Waals surface area contributed by atoms with Crippen LogP contribution in [0.1, 0.15) is 16.4 Å². The van der Waals surface area contributed by atoms with Crippen molar-refractivity contribution < 1.29 is 23.9 Å². The monoisotopic (exact) mass is 587 g/mol. The fourth-order valence-electron chi connectivity index (χ4n) is 5.28. The summed E-state index contributed by atoms with van der Waals surface area (Å²) in [4.78, 5) is 55.6. The van der Waals surface area contributed by atoms with E-state index in [0.717, 1.165) is 16.9 Å². The molecular formula is C30H25N3O6S2. The number of benzene rings is 3. The van der Waals surface area contributed by atoms with Crippen molar-refractivity contribution in [2.45, 2.75) is 22.7 Å². The predicted molar refractivity (Wildman–Crippen MR) is 157 cm³/mol. The molecule has 4 aromatic rings. The highest BCUT2D eigenvalue weighted by Gasteiger charge is 2.56. The van der Waals surface area contributed by atoms with Crippen LogP contribution in [-0.2, 0) is 20.9 Å². The normalized spacial score (nSPS) is 19.5. The van der Waals surface area contributed by atoms with Gasteiger partial charge in [-0.25, -0.2) is 4.90 Å². The summed E-state index contributed by atoms with van der Waals surface area (Å²) >= 11 is 2.19. The Labute approximate surface area is 243 Å². The van der Waals surface area contributed by atoms with Gasteiger partial charge in [0.05, 0.1) is 30.9 Å². The number of methoxy groups -OCH3 is 2. The first-order chi connectivity index (χ1) is 19.9. The summed E-state index contributed by atoms with van der Waals surface area (Å²) in [6, 6.07) is 23.0. The number of rotatable bonds is 7. The van der Waals surface area contributed by atoms with Crippen LogP contribution in [0.4, 0.5) is 11.4 Å². The molecule has 41 heavy (non-hydrogen) atoms. The third-order valence-corrected chi connectivity index (χ3v) is 9.82. The summed E-state index contributed by atoms with van der Waals surface area (Å²) in [6.45, 7) is -0.219. The van der Waals surface area contributed by atoms with Crippen LogP contribution in [0.5, 0.6) is 11.5 Å². The van der Waals surface area contributed by atoms with Crippen LogP contribution < -0.4 is 24.6 Å². The van der Waals surface area contributed by atoms with Crippen molar-refractivity contribution in [3.8, 4) is 11.5 Å². The summed E-state index contributed by atoms with van der Waals surface area (Å²) in [5, 5.41) is 2.57. The smallest absolute Gasteiger partial charge is 0.308 e. The SMILES string of the molecule is COc1ccc([C@H]2c3sc(=O)n(CC(=O)Nc4ccccc4)c3SC3C(=O)N(c4ccc(OC)cc4)C(=O)C32)cc1. The second-order valence-corrected chi connectivity index (χ2v) is 11.7. The van der Waals surface area contributed by atoms with E-state index < -0.39 is 17.1 Å². The lowest BCUT2D eigenvalue weighted by molar-refractivity contribution is -0.122.